The molecule has 1 rings (SSSR count). The second-order valence-electron chi connectivity index (χ2n) is 5.02. The smallest absolute Gasteiger partial charge is 0.255 e. The average Bonchev–Trinajstić information content (AvgIpc) is 2.44. The van der Waals surface area contributed by atoms with Gasteiger partial charge in [-0.05, 0) is 18.6 Å². The second kappa shape index (κ2) is 6.78. The van der Waals surface area contributed by atoms with Crippen LogP contribution in [0.15, 0.2) is 18.2 Å². The topological polar surface area (TPSA) is 101 Å². The van der Waals surface area contributed by atoms with Gasteiger partial charge in [0.25, 0.3) is 11.8 Å². The van der Waals surface area contributed by atoms with Crippen LogP contribution in [0.25, 0.3) is 0 Å². The molecule has 7 nitrogen and oxygen atoms in total. The van der Waals surface area contributed by atoms with Crippen molar-refractivity contribution in [2.45, 2.75) is 13.3 Å². The second-order valence-corrected chi connectivity index (χ2v) is 7.04. The van der Waals surface area contributed by atoms with Gasteiger partial charge in [0.15, 0.2) is 0 Å². The van der Waals surface area contributed by atoms with Crippen molar-refractivity contribution >= 4 is 27.5 Å². The summed E-state index contributed by atoms with van der Waals surface area (Å²) >= 11 is 0. The van der Waals surface area contributed by atoms with E-state index in [9.17, 15) is 18.0 Å². The van der Waals surface area contributed by atoms with E-state index >= 15 is 0 Å². The first-order valence-corrected chi connectivity index (χ1v) is 8.58. The number of hydrogen-bond donors (Lipinski definition) is 1. The van der Waals surface area contributed by atoms with E-state index in [1.807, 2.05) is 6.92 Å². The van der Waals surface area contributed by atoms with E-state index in [2.05, 4.69) is 0 Å². The van der Waals surface area contributed by atoms with Crippen molar-refractivity contribution < 1.29 is 18.0 Å². The molecule has 0 aromatic heterocycles. The first kappa shape index (κ1) is 18.0. The number of carbonyl (C=O) groups is 2. The third kappa shape index (κ3) is 3.76. The van der Waals surface area contributed by atoms with Crippen molar-refractivity contribution in [3.8, 4) is 0 Å². The lowest BCUT2D eigenvalue weighted by molar-refractivity contribution is 0.0796. The van der Waals surface area contributed by atoms with Gasteiger partial charge in [-0.25, -0.2) is 8.42 Å². The van der Waals surface area contributed by atoms with Crippen LogP contribution in [0.2, 0.25) is 0 Å². The van der Waals surface area contributed by atoms with Gasteiger partial charge in [0.2, 0.25) is 10.0 Å². The number of rotatable bonds is 6. The number of primary amides is 1. The number of amides is 2. The zero-order chi connectivity index (χ0) is 17.1. The normalized spacial score (nSPS) is 11.1. The summed E-state index contributed by atoms with van der Waals surface area (Å²) in [7, 11) is -0.748. The summed E-state index contributed by atoms with van der Waals surface area (Å²) in [5.41, 5.74) is 5.43. The van der Waals surface area contributed by atoms with Crippen molar-refractivity contribution in [2.24, 2.45) is 5.73 Å². The van der Waals surface area contributed by atoms with Crippen molar-refractivity contribution in [1.82, 2.24) is 4.90 Å². The van der Waals surface area contributed by atoms with Crippen LogP contribution in [0.1, 0.15) is 34.1 Å². The van der Waals surface area contributed by atoms with Gasteiger partial charge in [0.05, 0.1) is 23.1 Å². The lowest BCUT2D eigenvalue weighted by Gasteiger charge is -2.24. The third-order valence-electron chi connectivity index (χ3n) is 3.25. The Morgan fingerprint density at radius 3 is 2.18 bits per heavy atom. The predicted molar refractivity (Wildman–Crippen MR) is 85.5 cm³/mol. The summed E-state index contributed by atoms with van der Waals surface area (Å²) in [5.74, 6) is -1.16. The Morgan fingerprint density at radius 1 is 1.18 bits per heavy atom. The molecule has 0 unspecified atom stereocenters. The number of sulfonamides is 1. The highest BCUT2D eigenvalue weighted by atomic mass is 32.2. The largest absolute Gasteiger partial charge is 0.366 e. The molecule has 0 heterocycles. The number of nitrogens with zero attached hydrogens (tertiary/aromatic N) is 2. The van der Waals surface area contributed by atoms with Crippen LogP contribution in [-0.4, -0.2) is 52.0 Å². The molecule has 122 valence electrons. The quantitative estimate of drug-likeness (QED) is 0.829. The van der Waals surface area contributed by atoms with Crippen molar-refractivity contribution in [3.63, 3.8) is 0 Å². The first-order chi connectivity index (χ1) is 10.1. The summed E-state index contributed by atoms with van der Waals surface area (Å²) < 4.78 is 24.6. The highest BCUT2D eigenvalue weighted by Gasteiger charge is 2.26. The highest BCUT2D eigenvalue weighted by Crippen LogP contribution is 2.27. The molecule has 0 saturated carbocycles. The number of hydrogen-bond acceptors (Lipinski definition) is 4. The highest BCUT2D eigenvalue weighted by molar-refractivity contribution is 7.92. The van der Waals surface area contributed by atoms with Gasteiger partial charge in [-0.2, -0.15) is 0 Å². The molecule has 0 bridgehead atoms. The van der Waals surface area contributed by atoms with E-state index in [-0.39, 0.29) is 22.7 Å². The van der Waals surface area contributed by atoms with Crippen LogP contribution in [0.5, 0.6) is 0 Å². The lowest BCUT2D eigenvalue weighted by Crippen LogP contribution is -2.33. The Morgan fingerprint density at radius 2 is 1.73 bits per heavy atom. The van der Waals surface area contributed by atoms with Crippen molar-refractivity contribution in [2.75, 3.05) is 31.2 Å². The fraction of sp³-hybridized carbons (Fsp3) is 0.429. The molecule has 2 amide bonds. The minimum absolute atomic E-state index is 0.00505. The van der Waals surface area contributed by atoms with E-state index < -0.39 is 15.9 Å². The van der Waals surface area contributed by atoms with E-state index in [0.29, 0.717) is 6.54 Å². The van der Waals surface area contributed by atoms with Crippen LogP contribution in [0.4, 0.5) is 5.69 Å². The number of nitrogens with two attached hydrogens (primary N) is 1. The zero-order valence-corrected chi connectivity index (χ0v) is 14.0. The molecule has 22 heavy (non-hydrogen) atoms. The van der Waals surface area contributed by atoms with Gasteiger partial charge in [0.1, 0.15) is 0 Å². The molecule has 0 aliphatic rings. The standard InChI is InChI=1S/C14H21N3O4S/c1-5-9-16(2)14(19)11-8-6-7-10(13(15)18)12(11)17(3)22(4,20)21/h6-8H,5,9H2,1-4H3,(H2,15,18). The lowest BCUT2D eigenvalue weighted by atomic mass is 10.1. The third-order valence-corrected chi connectivity index (χ3v) is 4.43. The molecule has 0 aliphatic heterocycles. The maximum absolute atomic E-state index is 12.5. The van der Waals surface area contributed by atoms with Gasteiger partial charge < -0.3 is 10.6 Å². The maximum Gasteiger partial charge on any atom is 0.255 e. The van der Waals surface area contributed by atoms with Crippen molar-refractivity contribution in [3.05, 3.63) is 29.3 Å². The van der Waals surface area contributed by atoms with Crippen LogP contribution < -0.4 is 10.0 Å². The number of benzene rings is 1. The molecule has 0 fully saturated rings. The fourth-order valence-corrected chi connectivity index (χ4v) is 2.59. The molecule has 8 heteroatoms. The Bertz CT molecular complexity index is 685. The number of para-hydroxylation sites is 1. The summed E-state index contributed by atoms with van der Waals surface area (Å²) in [6.07, 6.45) is 1.75. The van der Waals surface area contributed by atoms with Crippen LogP contribution in [-0.2, 0) is 10.0 Å². The number of anilines is 1. The monoisotopic (exact) mass is 327 g/mol. The molecule has 1 aromatic rings. The minimum Gasteiger partial charge on any atom is -0.366 e. The summed E-state index contributed by atoms with van der Waals surface area (Å²) in [5, 5.41) is 0. The predicted octanol–water partition coefficient (Wildman–Crippen LogP) is 0.663. The maximum atomic E-state index is 12.5. The molecule has 0 atom stereocenters. The molecule has 0 radical (unpaired) electrons. The molecule has 1 aromatic carbocycles. The molecule has 0 saturated heterocycles. The van der Waals surface area contributed by atoms with Gasteiger partial charge in [-0.15, -0.1) is 0 Å². The minimum atomic E-state index is -3.65. The van der Waals surface area contributed by atoms with Crippen LogP contribution in [0.3, 0.4) is 0 Å². The van der Waals surface area contributed by atoms with Crippen LogP contribution in [0, 0.1) is 0 Å². The van der Waals surface area contributed by atoms with Crippen LogP contribution >= 0.6 is 0 Å². The molecule has 2 N–H and O–H groups in total. The van der Waals surface area contributed by atoms with Gasteiger partial charge in [0, 0.05) is 20.6 Å². The Kier molecular flexibility index (Phi) is 5.54. The van der Waals surface area contributed by atoms with Gasteiger partial charge in [-0.3, -0.25) is 13.9 Å². The van der Waals surface area contributed by atoms with Gasteiger partial charge in [-0.1, -0.05) is 13.0 Å². The Balaban J connectivity index is 3.55. The molecule has 0 spiro atoms. The Labute approximate surface area is 130 Å². The molecular weight excluding hydrogens is 306 g/mol. The van der Waals surface area contributed by atoms with E-state index in [0.717, 1.165) is 17.0 Å². The van der Waals surface area contributed by atoms with E-state index in [1.54, 1.807) is 7.05 Å². The fourth-order valence-electron chi connectivity index (χ4n) is 2.06. The zero-order valence-electron chi connectivity index (χ0n) is 13.2. The summed E-state index contributed by atoms with van der Waals surface area (Å²) in [4.78, 5) is 25.6. The molecule has 0 aliphatic carbocycles. The van der Waals surface area contributed by atoms with Gasteiger partial charge >= 0.3 is 0 Å². The van der Waals surface area contributed by atoms with Crippen molar-refractivity contribution in [1.29, 1.82) is 0 Å². The average molecular weight is 327 g/mol. The number of carbonyl (C=O) groups excluding carboxylic acids is 2. The summed E-state index contributed by atoms with van der Waals surface area (Å²) in [6.45, 7) is 2.44. The molecular formula is C14H21N3O4S. The van der Waals surface area contributed by atoms with E-state index in [1.165, 1.54) is 30.1 Å². The Hall–Kier alpha value is -2.09. The van der Waals surface area contributed by atoms with E-state index in [4.69, 9.17) is 5.73 Å². The summed E-state index contributed by atoms with van der Waals surface area (Å²) in [6, 6.07) is 4.39. The SMILES string of the molecule is CCCN(C)C(=O)c1cccc(C(N)=O)c1N(C)S(C)(=O)=O. The first-order valence-electron chi connectivity index (χ1n) is 6.73.